The highest BCUT2D eigenvalue weighted by molar-refractivity contribution is 6.35. The van der Waals surface area contributed by atoms with Gasteiger partial charge in [-0.2, -0.15) is 0 Å². The smallest absolute Gasteiger partial charge is 0.123 e. The van der Waals surface area contributed by atoms with Gasteiger partial charge in [0.15, 0.2) is 0 Å². The van der Waals surface area contributed by atoms with Gasteiger partial charge in [0.2, 0.25) is 0 Å². The van der Waals surface area contributed by atoms with Crippen LogP contribution in [0.1, 0.15) is 0 Å². The molecule has 0 aromatic heterocycles. The first-order valence-electron chi connectivity index (χ1n) is 4.93. The Labute approximate surface area is 109 Å². The van der Waals surface area contributed by atoms with Crippen molar-refractivity contribution in [3.05, 3.63) is 46.4 Å². The molecule has 2 aromatic rings. The van der Waals surface area contributed by atoms with E-state index in [0.29, 0.717) is 15.8 Å². The van der Waals surface area contributed by atoms with E-state index in [2.05, 4.69) is 0 Å². The van der Waals surface area contributed by atoms with Crippen LogP contribution in [0.5, 0.6) is 11.5 Å². The molecule has 0 aliphatic carbocycles. The van der Waals surface area contributed by atoms with E-state index >= 15 is 0 Å². The third kappa shape index (κ3) is 2.65. The second-order valence-electron chi connectivity index (χ2n) is 3.54. The van der Waals surface area contributed by atoms with Gasteiger partial charge in [-0.15, -0.1) is 0 Å². The fourth-order valence-corrected chi connectivity index (χ4v) is 1.97. The predicted molar refractivity (Wildman–Crippen MR) is 70.1 cm³/mol. The highest BCUT2D eigenvalue weighted by Gasteiger charge is 2.07. The van der Waals surface area contributed by atoms with E-state index in [0.717, 1.165) is 11.1 Å². The Hall–Kier alpha value is -1.38. The summed E-state index contributed by atoms with van der Waals surface area (Å²) >= 11 is 12.0. The third-order valence-electron chi connectivity index (χ3n) is 2.37. The summed E-state index contributed by atoms with van der Waals surface area (Å²) in [6.07, 6.45) is 0. The zero-order chi connectivity index (χ0) is 12.4. The van der Waals surface area contributed by atoms with Crippen molar-refractivity contribution in [1.29, 1.82) is 0 Å². The van der Waals surface area contributed by atoms with Gasteiger partial charge in [-0.25, -0.2) is 0 Å². The van der Waals surface area contributed by atoms with Crippen molar-refractivity contribution in [3.63, 3.8) is 0 Å². The summed E-state index contributed by atoms with van der Waals surface area (Å²) in [5.41, 5.74) is 1.52. The number of phenolic OH excluding ortho intramolecular Hbond substituents is 1. The van der Waals surface area contributed by atoms with Crippen LogP contribution >= 0.6 is 23.2 Å². The fraction of sp³-hybridized carbons (Fsp3) is 0.0769. The maximum atomic E-state index is 9.59. The second kappa shape index (κ2) is 4.86. The Morgan fingerprint density at radius 3 is 2.53 bits per heavy atom. The average molecular weight is 269 g/mol. The molecule has 17 heavy (non-hydrogen) atoms. The molecule has 0 fully saturated rings. The van der Waals surface area contributed by atoms with E-state index in [9.17, 15) is 5.11 Å². The Morgan fingerprint density at radius 2 is 1.82 bits per heavy atom. The third-order valence-corrected chi connectivity index (χ3v) is 2.93. The number of hydrogen-bond donors (Lipinski definition) is 1. The van der Waals surface area contributed by atoms with E-state index in [1.807, 2.05) is 0 Å². The summed E-state index contributed by atoms with van der Waals surface area (Å²) in [5.74, 6) is 0.687. The van der Waals surface area contributed by atoms with Crippen LogP contribution < -0.4 is 4.74 Å². The highest BCUT2D eigenvalue weighted by Crippen LogP contribution is 2.34. The van der Waals surface area contributed by atoms with Gasteiger partial charge in [-0.1, -0.05) is 23.2 Å². The Bertz CT molecular complexity index is 553. The predicted octanol–water partition coefficient (Wildman–Crippen LogP) is 4.37. The van der Waals surface area contributed by atoms with Crippen LogP contribution in [0.3, 0.4) is 0 Å². The van der Waals surface area contributed by atoms with Crippen molar-refractivity contribution < 1.29 is 9.84 Å². The van der Waals surface area contributed by atoms with Crippen LogP contribution in [0.4, 0.5) is 0 Å². The standard InChI is InChI=1S/C13H10Cl2O2/c1-17-11-5-8(4-10(16)7-11)12-6-9(14)2-3-13(12)15/h2-7,16H,1H3. The SMILES string of the molecule is COc1cc(O)cc(-c2cc(Cl)ccc2Cl)c1. The molecule has 0 saturated carbocycles. The summed E-state index contributed by atoms with van der Waals surface area (Å²) < 4.78 is 5.09. The quantitative estimate of drug-likeness (QED) is 0.876. The average Bonchev–Trinajstić information content (AvgIpc) is 2.31. The van der Waals surface area contributed by atoms with Gasteiger partial charge < -0.3 is 9.84 Å². The molecule has 2 rings (SSSR count). The first kappa shape index (κ1) is 12.1. The molecule has 0 saturated heterocycles. The molecule has 0 spiro atoms. The molecule has 0 unspecified atom stereocenters. The van der Waals surface area contributed by atoms with Crippen molar-refractivity contribution >= 4 is 23.2 Å². The van der Waals surface area contributed by atoms with Crippen LogP contribution in [0, 0.1) is 0 Å². The van der Waals surface area contributed by atoms with Gasteiger partial charge in [0.25, 0.3) is 0 Å². The molecule has 2 nitrogen and oxygen atoms in total. The van der Waals surface area contributed by atoms with Crippen LogP contribution in [0.2, 0.25) is 10.0 Å². The number of halogens is 2. The van der Waals surface area contributed by atoms with Crippen LogP contribution in [-0.4, -0.2) is 12.2 Å². The van der Waals surface area contributed by atoms with Gasteiger partial charge in [0.05, 0.1) is 7.11 Å². The molecule has 0 amide bonds. The van der Waals surface area contributed by atoms with E-state index in [-0.39, 0.29) is 5.75 Å². The Morgan fingerprint density at radius 1 is 1.06 bits per heavy atom. The van der Waals surface area contributed by atoms with E-state index in [4.69, 9.17) is 27.9 Å². The maximum Gasteiger partial charge on any atom is 0.123 e. The molecule has 0 atom stereocenters. The largest absolute Gasteiger partial charge is 0.508 e. The summed E-state index contributed by atoms with van der Waals surface area (Å²) in [6.45, 7) is 0. The number of phenols is 1. The number of methoxy groups -OCH3 is 1. The lowest BCUT2D eigenvalue weighted by molar-refractivity contribution is 0.408. The molecule has 88 valence electrons. The number of rotatable bonds is 2. The van der Waals surface area contributed by atoms with Crippen molar-refractivity contribution in [2.45, 2.75) is 0 Å². The molecule has 0 heterocycles. The van der Waals surface area contributed by atoms with E-state index in [1.54, 1.807) is 30.3 Å². The second-order valence-corrected chi connectivity index (χ2v) is 4.39. The minimum atomic E-state index is 0.121. The van der Waals surface area contributed by atoms with Crippen LogP contribution in [0.25, 0.3) is 11.1 Å². The molecule has 2 aromatic carbocycles. The number of hydrogen-bond acceptors (Lipinski definition) is 2. The molecule has 0 aliphatic heterocycles. The van der Waals surface area contributed by atoms with E-state index in [1.165, 1.54) is 13.2 Å². The molecule has 0 bridgehead atoms. The van der Waals surface area contributed by atoms with Gasteiger partial charge >= 0.3 is 0 Å². The lowest BCUT2D eigenvalue weighted by Crippen LogP contribution is -1.85. The summed E-state index contributed by atoms with van der Waals surface area (Å²) in [7, 11) is 1.54. The lowest BCUT2D eigenvalue weighted by Gasteiger charge is -2.08. The lowest BCUT2D eigenvalue weighted by atomic mass is 10.1. The van der Waals surface area contributed by atoms with Gasteiger partial charge in [-0.3, -0.25) is 0 Å². The summed E-state index contributed by atoms with van der Waals surface area (Å²) in [4.78, 5) is 0. The number of aromatic hydroxyl groups is 1. The fourth-order valence-electron chi connectivity index (χ4n) is 1.58. The summed E-state index contributed by atoms with van der Waals surface area (Å²) in [6, 6.07) is 10.1. The van der Waals surface area contributed by atoms with Crippen molar-refractivity contribution in [2.75, 3.05) is 7.11 Å². The van der Waals surface area contributed by atoms with Gasteiger partial charge in [0.1, 0.15) is 11.5 Å². The first-order chi connectivity index (χ1) is 8.10. The summed E-state index contributed by atoms with van der Waals surface area (Å²) in [5, 5.41) is 10.8. The molecule has 0 aliphatic rings. The van der Waals surface area contributed by atoms with E-state index < -0.39 is 0 Å². The molecular weight excluding hydrogens is 259 g/mol. The maximum absolute atomic E-state index is 9.59. The number of benzene rings is 2. The highest BCUT2D eigenvalue weighted by atomic mass is 35.5. The molecule has 1 N–H and O–H groups in total. The zero-order valence-corrected chi connectivity index (χ0v) is 10.6. The van der Waals surface area contributed by atoms with Crippen LogP contribution in [-0.2, 0) is 0 Å². The molecular formula is C13H10Cl2O2. The topological polar surface area (TPSA) is 29.5 Å². The number of ether oxygens (including phenoxy) is 1. The van der Waals surface area contributed by atoms with Crippen molar-refractivity contribution in [3.8, 4) is 22.6 Å². The molecule has 0 radical (unpaired) electrons. The first-order valence-corrected chi connectivity index (χ1v) is 5.69. The minimum absolute atomic E-state index is 0.121. The van der Waals surface area contributed by atoms with Crippen LogP contribution in [0.15, 0.2) is 36.4 Å². The van der Waals surface area contributed by atoms with Gasteiger partial charge in [-0.05, 0) is 35.9 Å². The van der Waals surface area contributed by atoms with Crippen molar-refractivity contribution in [1.82, 2.24) is 0 Å². The van der Waals surface area contributed by atoms with Crippen molar-refractivity contribution in [2.24, 2.45) is 0 Å². The Balaban J connectivity index is 2.59. The monoisotopic (exact) mass is 268 g/mol. The Kier molecular flexibility index (Phi) is 3.46. The normalized spacial score (nSPS) is 10.3. The van der Waals surface area contributed by atoms with Gasteiger partial charge in [0, 0.05) is 21.7 Å². The minimum Gasteiger partial charge on any atom is -0.508 e. The zero-order valence-electron chi connectivity index (χ0n) is 9.08. The molecule has 4 heteroatoms.